The summed E-state index contributed by atoms with van der Waals surface area (Å²) < 4.78 is 78.0. The Morgan fingerprint density at radius 1 is 1.00 bits per heavy atom. The number of urea groups is 1. The van der Waals surface area contributed by atoms with E-state index >= 15 is 0 Å². The number of alkyl halides is 6. The Hall–Kier alpha value is -3.25. The number of para-hydroxylation sites is 1. The summed E-state index contributed by atoms with van der Waals surface area (Å²) in [5.41, 5.74) is -3.55. The van der Waals surface area contributed by atoms with Crippen LogP contribution in [0.1, 0.15) is 21.6 Å². The van der Waals surface area contributed by atoms with Crippen molar-refractivity contribution < 1.29 is 35.9 Å². The molecule has 0 aliphatic carbocycles. The third-order valence-electron chi connectivity index (χ3n) is 3.52. The number of anilines is 1. The zero-order valence-corrected chi connectivity index (χ0v) is 14.8. The summed E-state index contributed by atoms with van der Waals surface area (Å²) in [4.78, 5) is 23.6. The topological polar surface area (TPSA) is 88.0 Å². The minimum atomic E-state index is -4.82. The van der Waals surface area contributed by atoms with Gasteiger partial charge < -0.3 is 16.0 Å². The van der Waals surface area contributed by atoms with Gasteiger partial charge in [-0.3, -0.25) is 9.48 Å². The Bertz CT molecular complexity index is 891. The first-order valence-corrected chi connectivity index (χ1v) is 7.99. The molecule has 2 aromatic rings. The molecule has 1 aromatic carbocycles. The number of aromatic nitrogens is 2. The molecule has 29 heavy (non-hydrogen) atoms. The quantitative estimate of drug-likeness (QED) is 0.510. The summed E-state index contributed by atoms with van der Waals surface area (Å²) in [5, 5.41) is 9.57. The van der Waals surface area contributed by atoms with Crippen molar-refractivity contribution in [3.8, 4) is 0 Å². The average molecular weight is 423 g/mol. The molecule has 0 aliphatic rings. The van der Waals surface area contributed by atoms with Crippen LogP contribution in [-0.4, -0.2) is 34.8 Å². The zero-order valence-electron chi connectivity index (χ0n) is 14.8. The summed E-state index contributed by atoms with van der Waals surface area (Å²) in [6.07, 6.45) is -8.60. The van der Waals surface area contributed by atoms with Gasteiger partial charge in [0.2, 0.25) is 0 Å². The van der Waals surface area contributed by atoms with Crippen LogP contribution in [0, 0.1) is 0 Å². The van der Waals surface area contributed by atoms with Gasteiger partial charge in [0.15, 0.2) is 5.69 Å². The van der Waals surface area contributed by atoms with Gasteiger partial charge in [0, 0.05) is 26.3 Å². The van der Waals surface area contributed by atoms with E-state index in [-0.39, 0.29) is 13.1 Å². The molecule has 0 unspecified atom stereocenters. The Kier molecular flexibility index (Phi) is 6.39. The van der Waals surface area contributed by atoms with Gasteiger partial charge >= 0.3 is 18.4 Å². The Balaban J connectivity index is 1.88. The van der Waals surface area contributed by atoms with Crippen LogP contribution in [-0.2, 0) is 19.4 Å². The maximum absolute atomic E-state index is 12.9. The number of carbonyl (C=O) groups is 2. The molecule has 13 heteroatoms. The monoisotopic (exact) mass is 423 g/mol. The number of nitrogens with one attached hydrogen (secondary N) is 3. The van der Waals surface area contributed by atoms with E-state index in [1.807, 2.05) is 5.32 Å². The number of hydrogen-bond acceptors (Lipinski definition) is 3. The second-order valence-electron chi connectivity index (χ2n) is 5.74. The molecule has 0 radical (unpaired) electrons. The Labute approximate surface area is 160 Å². The largest absolute Gasteiger partial charge is 0.435 e. The molecule has 0 saturated carbocycles. The molecule has 158 valence electrons. The van der Waals surface area contributed by atoms with Crippen LogP contribution in [0.4, 0.5) is 36.8 Å². The van der Waals surface area contributed by atoms with E-state index in [0.717, 1.165) is 29.1 Å². The minimum Gasteiger partial charge on any atom is -0.350 e. The van der Waals surface area contributed by atoms with Gasteiger partial charge in [-0.05, 0) is 12.1 Å². The maximum atomic E-state index is 12.9. The lowest BCUT2D eigenvalue weighted by Crippen LogP contribution is -2.37. The fourth-order valence-electron chi connectivity index (χ4n) is 2.32. The van der Waals surface area contributed by atoms with Crippen molar-refractivity contribution >= 4 is 17.6 Å². The van der Waals surface area contributed by atoms with E-state index in [0.29, 0.717) is 0 Å². The summed E-state index contributed by atoms with van der Waals surface area (Å²) in [6.45, 7) is -0.507. The number of halogens is 6. The van der Waals surface area contributed by atoms with Crippen molar-refractivity contribution in [1.29, 1.82) is 0 Å². The van der Waals surface area contributed by atoms with Crippen LogP contribution in [0.3, 0.4) is 0 Å². The molecule has 2 rings (SSSR count). The van der Waals surface area contributed by atoms with Crippen LogP contribution < -0.4 is 16.0 Å². The number of aryl methyl sites for hydroxylation is 1. The number of benzene rings is 1. The SMILES string of the molecule is Cn1cc(C(=O)NCCNC(=O)Nc2ccccc2C(F)(F)F)c(C(F)(F)F)n1. The van der Waals surface area contributed by atoms with Gasteiger partial charge in [-0.2, -0.15) is 31.4 Å². The standard InChI is InChI=1S/C16H15F6N5O2/c1-27-8-9(12(26-27)16(20,21)22)13(28)23-6-7-24-14(29)25-11-5-3-2-4-10(11)15(17,18)19/h2-5,8H,6-7H2,1H3,(H,23,28)(H2,24,25,29). The molecule has 0 fully saturated rings. The third-order valence-corrected chi connectivity index (χ3v) is 3.52. The first-order chi connectivity index (χ1) is 13.4. The van der Waals surface area contributed by atoms with Crippen LogP contribution in [0.5, 0.6) is 0 Å². The zero-order chi connectivity index (χ0) is 21.8. The van der Waals surface area contributed by atoms with Crippen LogP contribution >= 0.6 is 0 Å². The lowest BCUT2D eigenvalue weighted by atomic mass is 10.1. The fraction of sp³-hybridized carbons (Fsp3) is 0.312. The predicted octanol–water partition coefficient (Wildman–Crippen LogP) is 3.01. The number of nitrogens with zero attached hydrogens (tertiary/aromatic N) is 2. The summed E-state index contributed by atoms with van der Waals surface area (Å²) in [5.74, 6) is -1.06. The molecule has 1 heterocycles. The molecule has 0 saturated heterocycles. The second kappa shape index (κ2) is 8.41. The molecular formula is C16H15F6N5O2. The van der Waals surface area contributed by atoms with Crippen molar-refractivity contribution in [2.45, 2.75) is 12.4 Å². The normalized spacial score (nSPS) is 11.8. The van der Waals surface area contributed by atoms with Crippen LogP contribution in [0.2, 0.25) is 0 Å². The maximum Gasteiger partial charge on any atom is 0.435 e. The lowest BCUT2D eigenvalue weighted by Gasteiger charge is -2.14. The molecule has 7 nitrogen and oxygen atoms in total. The highest BCUT2D eigenvalue weighted by molar-refractivity contribution is 5.95. The molecule has 0 atom stereocenters. The summed E-state index contributed by atoms with van der Waals surface area (Å²) in [7, 11) is 1.22. The number of amides is 3. The van der Waals surface area contributed by atoms with Gasteiger partial charge in [0.05, 0.1) is 16.8 Å². The second-order valence-corrected chi connectivity index (χ2v) is 5.74. The number of carbonyl (C=O) groups excluding carboxylic acids is 2. The third kappa shape index (κ3) is 5.86. The van der Waals surface area contributed by atoms with Crippen molar-refractivity contribution in [3.05, 3.63) is 47.3 Å². The average Bonchev–Trinajstić information content (AvgIpc) is 3.00. The lowest BCUT2D eigenvalue weighted by molar-refractivity contribution is -0.141. The van der Waals surface area contributed by atoms with Crippen molar-refractivity contribution in [3.63, 3.8) is 0 Å². The van der Waals surface area contributed by atoms with Crippen LogP contribution in [0.25, 0.3) is 0 Å². The van der Waals surface area contributed by atoms with Crippen molar-refractivity contribution in [1.82, 2.24) is 20.4 Å². The number of hydrogen-bond donors (Lipinski definition) is 3. The highest BCUT2D eigenvalue weighted by Crippen LogP contribution is 2.34. The highest BCUT2D eigenvalue weighted by Gasteiger charge is 2.39. The summed E-state index contributed by atoms with van der Waals surface area (Å²) >= 11 is 0. The molecule has 0 bridgehead atoms. The highest BCUT2D eigenvalue weighted by atomic mass is 19.4. The fourth-order valence-corrected chi connectivity index (χ4v) is 2.32. The van der Waals surface area contributed by atoms with Crippen molar-refractivity contribution in [2.24, 2.45) is 7.05 Å². The molecular weight excluding hydrogens is 408 g/mol. The predicted molar refractivity (Wildman–Crippen MR) is 89.0 cm³/mol. The van der Waals surface area contributed by atoms with E-state index in [1.54, 1.807) is 0 Å². The van der Waals surface area contributed by atoms with Gasteiger partial charge in [0.25, 0.3) is 5.91 Å². The van der Waals surface area contributed by atoms with Crippen molar-refractivity contribution in [2.75, 3.05) is 18.4 Å². The van der Waals surface area contributed by atoms with Gasteiger partial charge in [-0.15, -0.1) is 0 Å². The molecule has 0 aliphatic heterocycles. The van der Waals surface area contributed by atoms with E-state index < -0.39 is 46.8 Å². The molecule has 3 amide bonds. The Morgan fingerprint density at radius 3 is 2.24 bits per heavy atom. The van der Waals surface area contributed by atoms with Gasteiger partial charge in [-0.1, -0.05) is 12.1 Å². The van der Waals surface area contributed by atoms with Gasteiger partial charge in [-0.25, -0.2) is 4.79 Å². The first-order valence-electron chi connectivity index (χ1n) is 7.99. The molecule has 0 spiro atoms. The molecule has 1 aromatic heterocycles. The first kappa shape index (κ1) is 22.0. The smallest absolute Gasteiger partial charge is 0.350 e. The number of rotatable bonds is 5. The summed E-state index contributed by atoms with van der Waals surface area (Å²) in [6, 6.07) is 3.34. The van der Waals surface area contributed by atoms with E-state index in [1.165, 1.54) is 13.1 Å². The molecule has 3 N–H and O–H groups in total. The van der Waals surface area contributed by atoms with Gasteiger partial charge in [0.1, 0.15) is 0 Å². The Morgan fingerprint density at radius 2 is 1.62 bits per heavy atom. The van der Waals surface area contributed by atoms with Crippen LogP contribution in [0.15, 0.2) is 30.5 Å². The van der Waals surface area contributed by atoms with E-state index in [9.17, 15) is 35.9 Å². The minimum absolute atomic E-state index is 0.243. The van der Waals surface area contributed by atoms with E-state index in [2.05, 4.69) is 15.7 Å². The van der Waals surface area contributed by atoms with E-state index in [4.69, 9.17) is 0 Å².